The van der Waals surface area contributed by atoms with Crippen molar-refractivity contribution in [2.45, 2.75) is 13.3 Å². The van der Waals surface area contributed by atoms with Crippen LogP contribution in [0.15, 0.2) is 42.5 Å². The first-order valence-corrected chi connectivity index (χ1v) is 7.27. The Morgan fingerprint density at radius 2 is 2.05 bits per heavy atom. The molecule has 0 aliphatic heterocycles. The van der Waals surface area contributed by atoms with Gasteiger partial charge in [0.1, 0.15) is 6.07 Å². The van der Waals surface area contributed by atoms with Crippen molar-refractivity contribution in [2.75, 3.05) is 17.2 Å². The molecule has 22 heavy (non-hydrogen) atoms. The fourth-order valence-corrected chi connectivity index (χ4v) is 2.12. The zero-order valence-electron chi connectivity index (χ0n) is 12.2. The molecule has 0 saturated carbocycles. The summed E-state index contributed by atoms with van der Waals surface area (Å²) in [6.07, 6.45) is 0.297. The number of nitrogens with one attached hydrogen (secondary N) is 2. The summed E-state index contributed by atoms with van der Waals surface area (Å²) in [5.74, 6) is -0.109. The summed E-state index contributed by atoms with van der Waals surface area (Å²) in [6, 6.07) is 14.7. The molecule has 0 fully saturated rings. The molecule has 0 bridgehead atoms. The van der Waals surface area contributed by atoms with Crippen LogP contribution in [0, 0.1) is 18.3 Å². The molecule has 0 radical (unpaired) electrons. The average molecular weight is 314 g/mol. The van der Waals surface area contributed by atoms with Crippen LogP contribution in [0.25, 0.3) is 0 Å². The van der Waals surface area contributed by atoms with Gasteiger partial charge in [-0.1, -0.05) is 29.8 Å². The van der Waals surface area contributed by atoms with Crippen LogP contribution < -0.4 is 10.6 Å². The van der Waals surface area contributed by atoms with E-state index in [1.54, 1.807) is 18.2 Å². The lowest BCUT2D eigenvalue weighted by atomic mass is 10.2. The van der Waals surface area contributed by atoms with Crippen LogP contribution in [0.3, 0.4) is 0 Å². The van der Waals surface area contributed by atoms with Crippen molar-refractivity contribution >= 4 is 28.9 Å². The summed E-state index contributed by atoms with van der Waals surface area (Å²) in [7, 11) is 0. The Morgan fingerprint density at radius 3 is 2.77 bits per heavy atom. The van der Waals surface area contributed by atoms with E-state index in [-0.39, 0.29) is 5.91 Å². The Hall–Kier alpha value is -2.51. The predicted octanol–water partition coefficient (Wildman–Crippen LogP) is 3.96. The Balaban J connectivity index is 1.85. The van der Waals surface area contributed by atoms with Crippen LogP contribution in [-0.4, -0.2) is 12.5 Å². The highest BCUT2D eigenvalue weighted by molar-refractivity contribution is 6.31. The molecule has 5 heteroatoms. The van der Waals surface area contributed by atoms with E-state index < -0.39 is 0 Å². The number of aryl methyl sites for hydroxylation is 1. The zero-order valence-corrected chi connectivity index (χ0v) is 12.9. The van der Waals surface area contributed by atoms with Gasteiger partial charge in [0.2, 0.25) is 5.91 Å². The third-order valence-electron chi connectivity index (χ3n) is 3.17. The number of rotatable bonds is 5. The number of hydrogen-bond acceptors (Lipinski definition) is 3. The molecule has 1 amide bonds. The molecule has 2 aromatic rings. The van der Waals surface area contributed by atoms with Crippen LogP contribution >= 0.6 is 11.6 Å². The van der Waals surface area contributed by atoms with E-state index in [0.29, 0.717) is 29.2 Å². The zero-order chi connectivity index (χ0) is 15.9. The minimum Gasteiger partial charge on any atom is -0.383 e. The second kappa shape index (κ2) is 7.48. The van der Waals surface area contributed by atoms with E-state index in [1.165, 1.54) is 0 Å². The molecule has 0 aliphatic carbocycles. The van der Waals surface area contributed by atoms with Crippen molar-refractivity contribution in [1.82, 2.24) is 0 Å². The van der Waals surface area contributed by atoms with Crippen LogP contribution in [0.1, 0.15) is 17.5 Å². The number of para-hydroxylation sites is 1. The van der Waals surface area contributed by atoms with Gasteiger partial charge in [-0.25, -0.2) is 0 Å². The fraction of sp³-hybridized carbons (Fsp3) is 0.176. The normalized spacial score (nSPS) is 9.86. The first-order chi connectivity index (χ1) is 10.6. The molecule has 4 nitrogen and oxygen atoms in total. The van der Waals surface area contributed by atoms with Crippen LogP contribution in [0.4, 0.5) is 11.4 Å². The number of carbonyl (C=O) groups is 1. The van der Waals surface area contributed by atoms with Gasteiger partial charge in [0.05, 0.1) is 11.3 Å². The second-order valence-corrected chi connectivity index (χ2v) is 5.25. The quantitative estimate of drug-likeness (QED) is 0.878. The molecule has 0 aliphatic rings. The number of halogens is 1. The molecular formula is C17H16ClN3O. The molecule has 0 spiro atoms. The highest BCUT2D eigenvalue weighted by Crippen LogP contribution is 2.20. The molecule has 2 N–H and O–H groups in total. The van der Waals surface area contributed by atoms with E-state index in [0.717, 1.165) is 11.3 Å². The van der Waals surface area contributed by atoms with Crippen LogP contribution in [-0.2, 0) is 4.79 Å². The molecule has 0 aromatic heterocycles. The largest absolute Gasteiger partial charge is 0.383 e. The SMILES string of the molecule is Cc1ccc(NC(=O)CCNc2ccccc2C#N)cc1Cl. The summed E-state index contributed by atoms with van der Waals surface area (Å²) in [5, 5.41) is 15.5. The highest BCUT2D eigenvalue weighted by atomic mass is 35.5. The molecule has 0 saturated heterocycles. The number of hydrogen-bond donors (Lipinski definition) is 2. The fourth-order valence-electron chi connectivity index (χ4n) is 1.94. The van der Waals surface area contributed by atoms with Gasteiger partial charge in [-0.2, -0.15) is 5.26 Å². The van der Waals surface area contributed by atoms with Gasteiger partial charge < -0.3 is 10.6 Å². The summed E-state index contributed by atoms with van der Waals surface area (Å²) >= 11 is 6.02. The maximum absolute atomic E-state index is 11.9. The number of nitriles is 1. The monoisotopic (exact) mass is 313 g/mol. The van der Waals surface area contributed by atoms with Crippen molar-refractivity contribution in [2.24, 2.45) is 0 Å². The van der Waals surface area contributed by atoms with E-state index in [9.17, 15) is 4.79 Å². The molecule has 2 rings (SSSR count). The lowest BCUT2D eigenvalue weighted by Gasteiger charge is -2.09. The first kappa shape index (κ1) is 15.9. The lowest BCUT2D eigenvalue weighted by molar-refractivity contribution is -0.115. The van der Waals surface area contributed by atoms with Gasteiger partial charge in [0.15, 0.2) is 0 Å². The molecular weight excluding hydrogens is 298 g/mol. The summed E-state index contributed by atoms with van der Waals surface area (Å²) < 4.78 is 0. The Morgan fingerprint density at radius 1 is 1.27 bits per heavy atom. The Bertz CT molecular complexity index is 722. The standard InChI is InChI=1S/C17H16ClN3O/c1-12-6-7-14(10-15(12)18)21-17(22)8-9-20-16-5-3-2-4-13(16)11-19/h2-7,10,20H,8-9H2,1H3,(H,21,22). The summed E-state index contributed by atoms with van der Waals surface area (Å²) in [4.78, 5) is 11.9. The minimum absolute atomic E-state index is 0.109. The third kappa shape index (κ3) is 4.24. The molecule has 2 aromatic carbocycles. The highest BCUT2D eigenvalue weighted by Gasteiger charge is 2.05. The molecule has 0 heterocycles. The average Bonchev–Trinajstić information content (AvgIpc) is 2.51. The van der Waals surface area contributed by atoms with Gasteiger partial charge in [0.25, 0.3) is 0 Å². The molecule has 0 unspecified atom stereocenters. The van der Waals surface area contributed by atoms with E-state index in [2.05, 4.69) is 16.7 Å². The van der Waals surface area contributed by atoms with Gasteiger partial charge in [-0.05, 0) is 36.8 Å². The van der Waals surface area contributed by atoms with Crippen molar-refractivity contribution in [3.05, 3.63) is 58.6 Å². The van der Waals surface area contributed by atoms with E-state index in [1.807, 2.05) is 31.2 Å². The second-order valence-electron chi connectivity index (χ2n) is 4.85. The van der Waals surface area contributed by atoms with Gasteiger partial charge in [-0.15, -0.1) is 0 Å². The van der Waals surface area contributed by atoms with Crippen LogP contribution in [0.2, 0.25) is 5.02 Å². The number of carbonyl (C=O) groups excluding carboxylic acids is 1. The minimum atomic E-state index is -0.109. The predicted molar refractivity (Wildman–Crippen MR) is 89.1 cm³/mol. The van der Waals surface area contributed by atoms with Crippen molar-refractivity contribution in [3.63, 3.8) is 0 Å². The van der Waals surface area contributed by atoms with E-state index in [4.69, 9.17) is 16.9 Å². The summed E-state index contributed by atoms with van der Waals surface area (Å²) in [6.45, 7) is 2.36. The number of amides is 1. The third-order valence-corrected chi connectivity index (χ3v) is 3.58. The first-order valence-electron chi connectivity index (χ1n) is 6.89. The number of anilines is 2. The van der Waals surface area contributed by atoms with E-state index >= 15 is 0 Å². The van der Waals surface area contributed by atoms with Gasteiger partial charge in [-0.3, -0.25) is 4.79 Å². The van der Waals surface area contributed by atoms with Gasteiger partial charge in [0, 0.05) is 23.7 Å². The van der Waals surface area contributed by atoms with Crippen molar-refractivity contribution in [1.29, 1.82) is 5.26 Å². The molecule has 112 valence electrons. The molecule has 0 atom stereocenters. The van der Waals surface area contributed by atoms with Crippen LogP contribution in [0.5, 0.6) is 0 Å². The lowest BCUT2D eigenvalue weighted by Crippen LogP contribution is -2.16. The maximum atomic E-state index is 11.9. The Labute approximate surface area is 134 Å². The number of benzene rings is 2. The van der Waals surface area contributed by atoms with Gasteiger partial charge >= 0.3 is 0 Å². The number of nitrogens with zero attached hydrogens (tertiary/aromatic N) is 1. The van der Waals surface area contributed by atoms with Crippen molar-refractivity contribution in [3.8, 4) is 6.07 Å². The van der Waals surface area contributed by atoms with Crippen molar-refractivity contribution < 1.29 is 4.79 Å². The summed E-state index contributed by atoms with van der Waals surface area (Å²) in [5.41, 5.74) is 2.94. The maximum Gasteiger partial charge on any atom is 0.226 e. The topological polar surface area (TPSA) is 64.9 Å². The smallest absolute Gasteiger partial charge is 0.226 e. The Kier molecular flexibility index (Phi) is 5.40.